The van der Waals surface area contributed by atoms with Crippen LogP contribution in [0.1, 0.15) is 22.5 Å². The Morgan fingerprint density at radius 2 is 2.00 bits per heavy atom. The molecule has 0 spiro atoms. The van der Waals surface area contributed by atoms with Gasteiger partial charge in [0.1, 0.15) is 25.1 Å². The molecule has 0 saturated carbocycles. The van der Waals surface area contributed by atoms with Gasteiger partial charge >= 0.3 is 12.3 Å². The molecule has 2 aliphatic rings. The number of ether oxygens (including phenoxy) is 3. The summed E-state index contributed by atoms with van der Waals surface area (Å²) in [5.74, 6) is 5.65. The fraction of sp³-hybridized carbons (Fsp3) is 0.419. The van der Waals surface area contributed by atoms with Gasteiger partial charge in [-0.3, -0.25) is 4.79 Å². The number of anilines is 2. The number of rotatable bonds is 9. The molecule has 5 rings (SSSR count). The van der Waals surface area contributed by atoms with Crippen LogP contribution in [0.3, 0.4) is 0 Å². The minimum Gasteiger partial charge on any atom is -0.495 e. The average Bonchev–Trinajstić information content (AvgIpc) is 3.57. The van der Waals surface area contributed by atoms with Crippen LogP contribution in [0, 0.1) is 11.8 Å². The predicted octanol–water partition coefficient (Wildman–Crippen LogP) is 4.40. The summed E-state index contributed by atoms with van der Waals surface area (Å²) >= 11 is 0. The molecule has 0 aliphatic carbocycles. The third-order valence-electron chi connectivity index (χ3n) is 7.56. The second-order valence-corrected chi connectivity index (χ2v) is 10.9. The van der Waals surface area contributed by atoms with E-state index in [1.54, 1.807) is 36.4 Å². The quantitative estimate of drug-likeness (QED) is 0.182. The van der Waals surface area contributed by atoms with Crippen molar-refractivity contribution in [2.45, 2.75) is 37.5 Å². The Balaban J connectivity index is 1.30. The topological polar surface area (TPSA) is 106 Å². The Morgan fingerprint density at radius 1 is 1.18 bits per heavy atom. The Hall–Kier alpha value is -4.64. The summed E-state index contributed by atoms with van der Waals surface area (Å²) in [5, 5.41) is 9.47. The maximum atomic E-state index is 14.7. The van der Waals surface area contributed by atoms with E-state index >= 15 is 0 Å². The number of amides is 1. The van der Waals surface area contributed by atoms with E-state index in [4.69, 9.17) is 14.2 Å². The molecule has 3 heterocycles. The standard InChI is InChI=1S/C31H33F4N5O5/c1-39-12-10-25(23(32)16-39)38-24-6-3-7-27-22(24)14-20(40(27)18-31(33,34)35)5-4-11-36-26-9-8-19(13-28(26)43-2)29(41)37-15-21-17-44-30(42)45-21/h3,6-9,13-14,21,23,25,36,38H,10-12,15-18H2,1-2H3,(H,37,41). The van der Waals surface area contributed by atoms with Crippen molar-refractivity contribution in [2.75, 3.05) is 57.6 Å². The molecule has 0 bridgehead atoms. The van der Waals surface area contributed by atoms with Gasteiger partial charge in [0.25, 0.3) is 5.91 Å². The van der Waals surface area contributed by atoms with Gasteiger partial charge in [0.05, 0.1) is 43.1 Å². The first kappa shape index (κ1) is 31.8. The van der Waals surface area contributed by atoms with Crippen LogP contribution in [-0.4, -0.2) is 93.0 Å². The van der Waals surface area contributed by atoms with Crippen molar-refractivity contribution in [3.63, 3.8) is 0 Å². The number of hydrogen-bond acceptors (Lipinski definition) is 8. The van der Waals surface area contributed by atoms with Gasteiger partial charge in [-0.05, 0) is 55.8 Å². The van der Waals surface area contributed by atoms with Crippen molar-refractivity contribution < 1.29 is 41.4 Å². The molecule has 1 aromatic heterocycles. The van der Waals surface area contributed by atoms with Gasteiger partial charge in [-0.2, -0.15) is 13.2 Å². The summed E-state index contributed by atoms with van der Waals surface area (Å²) in [6.45, 7) is -0.0406. The smallest absolute Gasteiger partial charge is 0.495 e. The van der Waals surface area contributed by atoms with E-state index in [0.717, 1.165) is 4.57 Å². The molecule has 2 fully saturated rings. The summed E-state index contributed by atoms with van der Waals surface area (Å²) in [4.78, 5) is 25.5. The molecular weight excluding hydrogens is 598 g/mol. The largest absolute Gasteiger partial charge is 0.508 e. The number of halogens is 4. The summed E-state index contributed by atoms with van der Waals surface area (Å²) in [5.41, 5.74) is 1.87. The van der Waals surface area contributed by atoms with Gasteiger partial charge in [-0.15, -0.1) is 0 Å². The molecule has 45 heavy (non-hydrogen) atoms. The second kappa shape index (κ2) is 13.6. The summed E-state index contributed by atoms with van der Waals surface area (Å²) in [6.07, 6.45) is -6.38. The van der Waals surface area contributed by atoms with E-state index in [1.165, 1.54) is 13.2 Å². The molecule has 3 aromatic rings. The van der Waals surface area contributed by atoms with Crippen molar-refractivity contribution in [1.29, 1.82) is 0 Å². The van der Waals surface area contributed by atoms with Crippen molar-refractivity contribution in [2.24, 2.45) is 0 Å². The normalized spacial score (nSPS) is 20.1. The zero-order valence-corrected chi connectivity index (χ0v) is 24.7. The molecule has 0 radical (unpaired) electrons. The predicted molar refractivity (Wildman–Crippen MR) is 159 cm³/mol. The molecule has 10 nitrogen and oxygen atoms in total. The van der Waals surface area contributed by atoms with Crippen LogP contribution in [-0.2, 0) is 16.0 Å². The van der Waals surface area contributed by atoms with Gasteiger partial charge in [0.15, 0.2) is 6.10 Å². The zero-order chi connectivity index (χ0) is 32.1. The summed E-state index contributed by atoms with van der Waals surface area (Å²) < 4.78 is 71.6. The molecule has 2 aromatic carbocycles. The fourth-order valence-electron chi connectivity index (χ4n) is 5.31. The molecule has 2 saturated heterocycles. The third-order valence-corrected chi connectivity index (χ3v) is 7.56. The number of aromatic nitrogens is 1. The van der Waals surface area contributed by atoms with Gasteiger partial charge < -0.3 is 39.6 Å². The molecule has 3 N–H and O–H groups in total. The molecule has 1 amide bonds. The van der Waals surface area contributed by atoms with Crippen LogP contribution < -0.4 is 20.7 Å². The second-order valence-electron chi connectivity index (χ2n) is 10.9. The number of carbonyl (C=O) groups excluding carboxylic acids is 2. The van der Waals surface area contributed by atoms with E-state index in [2.05, 4.69) is 27.8 Å². The fourth-order valence-corrected chi connectivity index (χ4v) is 5.31. The Morgan fingerprint density at radius 3 is 2.71 bits per heavy atom. The van der Waals surface area contributed by atoms with E-state index in [1.807, 2.05) is 11.9 Å². The van der Waals surface area contributed by atoms with Crippen molar-refractivity contribution in [1.82, 2.24) is 14.8 Å². The van der Waals surface area contributed by atoms with Crippen molar-refractivity contribution in [3.8, 4) is 17.6 Å². The van der Waals surface area contributed by atoms with Crippen molar-refractivity contribution >= 4 is 34.3 Å². The lowest BCUT2D eigenvalue weighted by molar-refractivity contribution is -0.140. The number of piperidine rings is 1. The molecule has 14 heteroatoms. The van der Waals surface area contributed by atoms with E-state index in [-0.39, 0.29) is 31.9 Å². The van der Waals surface area contributed by atoms with Crippen molar-refractivity contribution in [3.05, 3.63) is 53.7 Å². The number of nitrogens with one attached hydrogen (secondary N) is 3. The lowest BCUT2D eigenvalue weighted by Gasteiger charge is -2.33. The third kappa shape index (κ3) is 7.91. The maximum Gasteiger partial charge on any atom is 0.508 e. The van der Waals surface area contributed by atoms with E-state index < -0.39 is 43.1 Å². The molecule has 240 valence electrons. The number of carbonyl (C=O) groups is 2. The monoisotopic (exact) mass is 631 g/mol. The van der Waals surface area contributed by atoms with Crippen LogP contribution in [0.2, 0.25) is 0 Å². The maximum absolute atomic E-state index is 14.7. The number of nitrogens with zero attached hydrogens (tertiary/aromatic N) is 2. The van der Waals surface area contributed by atoms with Crippen LogP contribution in [0.15, 0.2) is 42.5 Å². The average molecular weight is 632 g/mol. The van der Waals surface area contributed by atoms with E-state index in [9.17, 15) is 27.2 Å². The van der Waals surface area contributed by atoms with Crippen LogP contribution in [0.4, 0.5) is 33.7 Å². The summed E-state index contributed by atoms with van der Waals surface area (Å²) in [7, 11) is 3.28. The summed E-state index contributed by atoms with van der Waals surface area (Å²) in [6, 6.07) is 10.8. The lowest BCUT2D eigenvalue weighted by atomic mass is 10.0. The Kier molecular flexibility index (Phi) is 9.57. The number of cyclic esters (lactones) is 2. The Bertz CT molecular complexity index is 1620. The highest BCUT2D eigenvalue weighted by Gasteiger charge is 2.31. The SMILES string of the molecule is COc1cc(C(=O)NCC2COC(=O)O2)ccc1NCC#Cc1cc2c(NC3CCN(C)CC3F)cccc2n1CC(F)(F)F. The first-order chi connectivity index (χ1) is 21.5. The minimum absolute atomic E-state index is 0.0549. The molecule has 3 unspecified atom stereocenters. The van der Waals surface area contributed by atoms with Crippen LogP contribution in [0.25, 0.3) is 10.9 Å². The molecular formula is C31H33F4N5O5. The highest BCUT2D eigenvalue weighted by Crippen LogP contribution is 2.32. The highest BCUT2D eigenvalue weighted by atomic mass is 19.4. The van der Waals surface area contributed by atoms with Crippen LogP contribution >= 0.6 is 0 Å². The number of hydrogen-bond donors (Lipinski definition) is 3. The van der Waals surface area contributed by atoms with Gasteiger partial charge in [0, 0.05) is 29.7 Å². The minimum atomic E-state index is -4.49. The van der Waals surface area contributed by atoms with Crippen LogP contribution in [0.5, 0.6) is 5.75 Å². The van der Waals surface area contributed by atoms with Gasteiger partial charge in [0.2, 0.25) is 0 Å². The zero-order valence-electron chi connectivity index (χ0n) is 24.7. The number of methoxy groups -OCH3 is 1. The van der Waals surface area contributed by atoms with E-state index in [0.29, 0.717) is 46.6 Å². The number of fused-ring (bicyclic) bond motifs is 1. The first-order valence-corrected chi connectivity index (χ1v) is 14.3. The first-order valence-electron chi connectivity index (χ1n) is 14.3. The highest BCUT2D eigenvalue weighted by molar-refractivity contribution is 5.95. The number of benzene rings is 2. The molecule has 2 aliphatic heterocycles. The van der Waals surface area contributed by atoms with Gasteiger partial charge in [-0.25, -0.2) is 9.18 Å². The van der Waals surface area contributed by atoms with Gasteiger partial charge in [-0.1, -0.05) is 12.0 Å². The molecule has 3 atom stereocenters. The Labute approximate surface area is 257 Å². The number of alkyl halides is 4. The lowest BCUT2D eigenvalue weighted by Crippen LogP contribution is -2.46. The number of likely N-dealkylation sites (tertiary alicyclic amines) is 1.